The van der Waals surface area contributed by atoms with E-state index in [1.807, 2.05) is 24.3 Å². The summed E-state index contributed by atoms with van der Waals surface area (Å²) >= 11 is 1.25. The molecule has 1 unspecified atom stereocenters. The van der Waals surface area contributed by atoms with E-state index >= 15 is 0 Å². The number of halogens is 1. The second kappa shape index (κ2) is 6.28. The van der Waals surface area contributed by atoms with Crippen molar-refractivity contribution in [3.05, 3.63) is 59.9 Å². The van der Waals surface area contributed by atoms with Crippen LogP contribution in [0, 0.1) is 5.82 Å². The predicted octanol–water partition coefficient (Wildman–Crippen LogP) is 2.97. The summed E-state index contributed by atoms with van der Waals surface area (Å²) in [6, 6.07) is 13.4. The van der Waals surface area contributed by atoms with E-state index in [1.165, 1.54) is 28.8 Å². The minimum absolute atomic E-state index is 0.244. The largest absolute Gasteiger partial charge is 0.350 e. The van der Waals surface area contributed by atoms with E-state index in [0.29, 0.717) is 0 Å². The number of rotatable bonds is 3. The van der Waals surface area contributed by atoms with E-state index < -0.39 is 4.75 Å². The monoisotopic (exact) mass is 344 g/mol. The molecule has 0 radical (unpaired) electrons. The number of thioether (sulfide) groups is 1. The van der Waals surface area contributed by atoms with Crippen LogP contribution in [0.4, 0.5) is 10.1 Å². The molecule has 0 spiro atoms. The summed E-state index contributed by atoms with van der Waals surface area (Å²) in [5, 5.41) is 2.78. The Kier molecular flexibility index (Phi) is 4.32. The van der Waals surface area contributed by atoms with Crippen LogP contribution in [0.15, 0.2) is 53.4 Å². The van der Waals surface area contributed by atoms with E-state index in [0.717, 1.165) is 16.1 Å². The van der Waals surface area contributed by atoms with Gasteiger partial charge in [-0.1, -0.05) is 36.0 Å². The maximum atomic E-state index is 12.9. The number of hydrogen-bond acceptors (Lipinski definition) is 3. The zero-order valence-electron chi connectivity index (χ0n) is 13.4. The highest BCUT2D eigenvalue weighted by molar-refractivity contribution is 8.02. The molecule has 1 aliphatic heterocycles. The molecule has 24 heavy (non-hydrogen) atoms. The van der Waals surface area contributed by atoms with Crippen LogP contribution in [0.5, 0.6) is 0 Å². The normalized spacial score (nSPS) is 19.8. The number of hydrogen-bond donors (Lipinski definition) is 1. The lowest BCUT2D eigenvalue weighted by Gasteiger charge is -2.36. The van der Waals surface area contributed by atoms with E-state index in [9.17, 15) is 14.0 Å². The summed E-state index contributed by atoms with van der Waals surface area (Å²) in [5.41, 5.74) is 1.58. The Labute approximate surface area is 144 Å². The minimum atomic E-state index is -1.23. The van der Waals surface area contributed by atoms with E-state index in [4.69, 9.17) is 0 Å². The lowest BCUT2D eigenvalue weighted by Crippen LogP contribution is -2.55. The van der Waals surface area contributed by atoms with Crippen LogP contribution in [0.1, 0.15) is 12.5 Å². The molecule has 4 nitrogen and oxygen atoms in total. The summed E-state index contributed by atoms with van der Waals surface area (Å²) in [6.45, 7) is 1.88. The summed E-state index contributed by atoms with van der Waals surface area (Å²) in [5.74, 6) is -0.945. The van der Waals surface area contributed by atoms with Crippen molar-refractivity contribution in [2.75, 3.05) is 11.9 Å². The molecule has 2 amide bonds. The van der Waals surface area contributed by atoms with Gasteiger partial charge in [-0.2, -0.15) is 0 Å². The van der Waals surface area contributed by atoms with Gasteiger partial charge in [0.1, 0.15) is 5.82 Å². The molecule has 0 aromatic heterocycles. The fourth-order valence-electron chi connectivity index (χ4n) is 2.61. The van der Waals surface area contributed by atoms with Gasteiger partial charge in [0.15, 0.2) is 4.75 Å². The molecule has 0 fully saturated rings. The number of fused-ring (bicyclic) bond motifs is 1. The topological polar surface area (TPSA) is 49.4 Å². The third-order valence-electron chi connectivity index (χ3n) is 4.05. The molecular formula is C18H17FN2O2S. The highest BCUT2D eigenvalue weighted by Crippen LogP contribution is 2.44. The first kappa shape index (κ1) is 16.5. The first-order valence-electron chi connectivity index (χ1n) is 7.51. The summed E-state index contributed by atoms with van der Waals surface area (Å²) < 4.78 is 11.7. The van der Waals surface area contributed by atoms with Crippen molar-refractivity contribution < 1.29 is 14.0 Å². The molecule has 1 atom stereocenters. The van der Waals surface area contributed by atoms with Crippen LogP contribution >= 0.6 is 11.8 Å². The summed E-state index contributed by atoms with van der Waals surface area (Å²) in [6.07, 6.45) is 0. The fraction of sp³-hybridized carbons (Fsp3) is 0.222. The van der Waals surface area contributed by atoms with Crippen LogP contribution in [0.3, 0.4) is 0 Å². The Bertz CT molecular complexity index is 794. The van der Waals surface area contributed by atoms with Gasteiger partial charge in [-0.25, -0.2) is 4.39 Å². The van der Waals surface area contributed by atoms with Crippen LogP contribution in [0.2, 0.25) is 0 Å². The number of carbonyl (C=O) groups excluding carboxylic acids is 2. The highest BCUT2D eigenvalue weighted by Gasteiger charge is 2.48. The SMILES string of the molecule is CN1C(=O)C(C)(C(=O)NCc2ccc(F)cc2)Sc2ccccc21. The molecule has 0 saturated carbocycles. The number of nitrogens with zero attached hydrogens (tertiary/aromatic N) is 1. The van der Waals surface area contributed by atoms with Gasteiger partial charge in [-0.3, -0.25) is 9.59 Å². The van der Waals surface area contributed by atoms with Gasteiger partial charge in [-0.15, -0.1) is 0 Å². The zero-order chi connectivity index (χ0) is 17.3. The maximum Gasteiger partial charge on any atom is 0.252 e. The molecular weight excluding hydrogens is 327 g/mol. The second-order valence-corrected chi connectivity index (χ2v) is 7.24. The molecule has 3 rings (SSSR count). The van der Waals surface area contributed by atoms with Crippen molar-refractivity contribution in [3.63, 3.8) is 0 Å². The van der Waals surface area contributed by atoms with E-state index in [2.05, 4.69) is 5.32 Å². The molecule has 0 bridgehead atoms. The van der Waals surface area contributed by atoms with Crippen LogP contribution in [0.25, 0.3) is 0 Å². The summed E-state index contributed by atoms with van der Waals surface area (Å²) in [4.78, 5) is 27.8. The molecule has 0 saturated heterocycles. The number of carbonyl (C=O) groups is 2. The number of anilines is 1. The Morgan fingerprint density at radius 3 is 2.58 bits per heavy atom. The standard InChI is InChI=1S/C18H17FN2O2S/c1-18(16(22)20-11-12-7-9-13(19)10-8-12)17(23)21(2)14-5-3-4-6-15(14)24-18/h3-10H,11H2,1-2H3,(H,20,22). The van der Waals surface area contributed by atoms with Gasteiger partial charge in [0, 0.05) is 18.5 Å². The second-order valence-electron chi connectivity index (χ2n) is 5.78. The van der Waals surface area contributed by atoms with Crippen LogP contribution in [-0.4, -0.2) is 23.6 Å². The lowest BCUT2D eigenvalue weighted by molar-refractivity contribution is -0.131. The molecule has 6 heteroatoms. The van der Waals surface area contributed by atoms with Gasteiger partial charge in [-0.05, 0) is 36.8 Å². The van der Waals surface area contributed by atoms with Crippen molar-refractivity contribution in [1.82, 2.24) is 5.32 Å². The number of nitrogens with one attached hydrogen (secondary N) is 1. The number of benzene rings is 2. The smallest absolute Gasteiger partial charge is 0.252 e. The van der Waals surface area contributed by atoms with Crippen molar-refractivity contribution in [2.24, 2.45) is 0 Å². The molecule has 0 aliphatic carbocycles. The van der Waals surface area contributed by atoms with Gasteiger partial charge in [0.05, 0.1) is 5.69 Å². The molecule has 1 aliphatic rings. The Morgan fingerprint density at radius 1 is 1.21 bits per heavy atom. The third kappa shape index (κ3) is 2.89. The van der Waals surface area contributed by atoms with E-state index in [-0.39, 0.29) is 24.2 Å². The van der Waals surface area contributed by atoms with Crippen molar-refractivity contribution in [2.45, 2.75) is 23.1 Å². The predicted molar refractivity (Wildman–Crippen MR) is 92.4 cm³/mol. The van der Waals surface area contributed by atoms with Crippen molar-refractivity contribution in [1.29, 1.82) is 0 Å². The van der Waals surface area contributed by atoms with Gasteiger partial charge < -0.3 is 10.2 Å². The first-order chi connectivity index (χ1) is 11.4. The number of para-hydroxylation sites is 1. The molecule has 2 aromatic rings. The molecule has 1 heterocycles. The van der Waals surface area contributed by atoms with Crippen LogP contribution in [-0.2, 0) is 16.1 Å². The zero-order valence-corrected chi connectivity index (χ0v) is 14.2. The Balaban J connectivity index is 1.78. The number of amides is 2. The average Bonchev–Trinajstić information content (AvgIpc) is 2.59. The fourth-order valence-corrected chi connectivity index (χ4v) is 3.90. The molecule has 124 valence electrons. The lowest BCUT2D eigenvalue weighted by atomic mass is 10.1. The van der Waals surface area contributed by atoms with Gasteiger partial charge in [0.2, 0.25) is 5.91 Å². The molecule has 1 N–H and O–H groups in total. The quantitative estimate of drug-likeness (QED) is 0.871. The van der Waals surface area contributed by atoms with Crippen molar-refractivity contribution >= 4 is 29.3 Å². The van der Waals surface area contributed by atoms with Crippen LogP contribution < -0.4 is 10.2 Å². The molecule has 2 aromatic carbocycles. The third-order valence-corrected chi connectivity index (χ3v) is 5.39. The Morgan fingerprint density at radius 2 is 1.88 bits per heavy atom. The van der Waals surface area contributed by atoms with E-state index in [1.54, 1.807) is 26.1 Å². The van der Waals surface area contributed by atoms with Gasteiger partial charge in [0.25, 0.3) is 5.91 Å². The maximum absolute atomic E-state index is 12.9. The minimum Gasteiger partial charge on any atom is -0.350 e. The average molecular weight is 344 g/mol. The van der Waals surface area contributed by atoms with Gasteiger partial charge >= 0.3 is 0 Å². The summed E-state index contributed by atoms with van der Waals surface area (Å²) in [7, 11) is 1.67. The highest BCUT2D eigenvalue weighted by atomic mass is 32.2. The first-order valence-corrected chi connectivity index (χ1v) is 8.32. The Hall–Kier alpha value is -2.34. The van der Waals surface area contributed by atoms with Crippen molar-refractivity contribution in [3.8, 4) is 0 Å².